The van der Waals surface area contributed by atoms with Crippen molar-refractivity contribution in [1.29, 1.82) is 0 Å². The third-order valence-electron chi connectivity index (χ3n) is 3.20. The van der Waals surface area contributed by atoms with Gasteiger partial charge in [-0.1, -0.05) is 25.1 Å². The SMILES string of the molecule is CCC(Sc1cn(CC)c2ccccc12)C(=O)OC. The van der Waals surface area contributed by atoms with Crippen LogP contribution in [-0.2, 0) is 16.1 Å². The van der Waals surface area contributed by atoms with Crippen LogP contribution in [0.15, 0.2) is 35.4 Å². The predicted molar refractivity (Wildman–Crippen MR) is 79.6 cm³/mol. The third kappa shape index (κ3) is 2.78. The Kier molecular flexibility index (Phi) is 4.53. The van der Waals surface area contributed by atoms with Gasteiger partial charge in [-0.15, -0.1) is 11.8 Å². The number of fused-ring (bicyclic) bond motifs is 1. The van der Waals surface area contributed by atoms with E-state index in [1.54, 1.807) is 11.8 Å². The van der Waals surface area contributed by atoms with E-state index in [-0.39, 0.29) is 11.2 Å². The molecule has 1 atom stereocenters. The number of thioether (sulfide) groups is 1. The zero-order valence-corrected chi connectivity index (χ0v) is 12.4. The van der Waals surface area contributed by atoms with Crippen LogP contribution in [0.3, 0.4) is 0 Å². The molecule has 4 heteroatoms. The van der Waals surface area contributed by atoms with E-state index in [0.29, 0.717) is 0 Å². The summed E-state index contributed by atoms with van der Waals surface area (Å²) in [7, 11) is 1.45. The first-order valence-electron chi connectivity index (χ1n) is 6.53. The van der Waals surface area contributed by atoms with Gasteiger partial charge < -0.3 is 9.30 Å². The highest BCUT2D eigenvalue weighted by Gasteiger charge is 2.20. The molecule has 0 radical (unpaired) electrons. The normalized spacial score (nSPS) is 12.6. The first kappa shape index (κ1) is 14.0. The van der Waals surface area contributed by atoms with Crippen LogP contribution in [0, 0.1) is 0 Å². The highest BCUT2D eigenvalue weighted by molar-refractivity contribution is 8.00. The van der Waals surface area contributed by atoms with E-state index in [1.165, 1.54) is 18.0 Å². The Labute approximate surface area is 117 Å². The van der Waals surface area contributed by atoms with Gasteiger partial charge in [-0.2, -0.15) is 0 Å². The monoisotopic (exact) mass is 277 g/mol. The van der Waals surface area contributed by atoms with Gasteiger partial charge in [-0.3, -0.25) is 4.79 Å². The van der Waals surface area contributed by atoms with E-state index in [2.05, 4.69) is 29.8 Å². The summed E-state index contributed by atoms with van der Waals surface area (Å²) in [6.07, 6.45) is 2.89. The van der Waals surface area contributed by atoms with Gasteiger partial charge in [-0.25, -0.2) is 0 Å². The van der Waals surface area contributed by atoms with Crippen LogP contribution >= 0.6 is 11.8 Å². The molecule has 2 aromatic rings. The maximum Gasteiger partial charge on any atom is 0.319 e. The van der Waals surface area contributed by atoms with Gasteiger partial charge >= 0.3 is 5.97 Å². The fraction of sp³-hybridized carbons (Fsp3) is 0.400. The summed E-state index contributed by atoms with van der Waals surface area (Å²) in [6.45, 7) is 5.06. The minimum atomic E-state index is -0.152. The average molecular weight is 277 g/mol. The van der Waals surface area contributed by atoms with Gasteiger partial charge in [0.25, 0.3) is 0 Å². The molecule has 0 aliphatic carbocycles. The van der Waals surface area contributed by atoms with Gasteiger partial charge in [-0.05, 0) is 19.4 Å². The molecule has 0 spiro atoms. The lowest BCUT2D eigenvalue weighted by Gasteiger charge is -2.10. The van der Waals surface area contributed by atoms with E-state index in [1.807, 2.05) is 19.1 Å². The summed E-state index contributed by atoms with van der Waals surface area (Å²) in [5.41, 5.74) is 1.22. The molecule has 0 fully saturated rings. The smallest absolute Gasteiger partial charge is 0.319 e. The lowest BCUT2D eigenvalue weighted by atomic mass is 10.2. The number of rotatable bonds is 5. The number of esters is 1. The van der Waals surface area contributed by atoms with Crippen LogP contribution in [0.25, 0.3) is 10.9 Å². The zero-order valence-electron chi connectivity index (χ0n) is 11.6. The number of aryl methyl sites for hydroxylation is 1. The van der Waals surface area contributed by atoms with Crippen molar-refractivity contribution < 1.29 is 9.53 Å². The molecule has 0 amide bonds. The van der Waals surface area contributed by atoms with Crippen molar-refractivity contribution in [1.82, 2.24) is 4.57 Å². The number of benzene rings is 1. The molecule has 0 saturated heterocycles. The van der Waals surface area contributed by atoms with Crippen molar-refractivity contribution in [2.75, 3.05) is 7.11 Å². The van der Waals surface area contributed by atoms with Crippen LogP contribution < -0.4 is 0 Å². The van der Waals surface area contributed by atoms with Crippen LogP contribution in [0.4, 0.5) is 0 Å². The number of nitrogens with zero attached hydrogens (tertiary/aromatic N) is 1. The zero-order chi connectivity index (χ0) is 13.8. The lowest BCUT2D eigenvalue weighted by Crippen LogP contribution is -2.17. The van der Waals surface area contributed by atoms with Gasteiger partial charge in [0.15, 0.2) is 0 Å². The van der Waals surface area contributed by atoms with Crippen molar-refractivity contribution in [3.63, 3.8) is 0 Å². The van der Waals surface area contributed by atoms with Crippen LogP contribution in [-0.4, -0.2) is 22.9 Å². The number of hydrogen-bond acceptors (Lipinski definition) is 3. The Bertz CT molecular complexity index is 577. The fourth-order valence-electron chi connectivity index (χ4n) is 2.15. The molecule has 0 bridgehead atoms. The summed E-state index contributed by atoms with van der Waals surface area (Å²) in [5, 5.41) is 1.07. The lowest BCUT2D eigenvalue weighted by molar-refractivity contribution is -0.140. The van der Waals surface area contributed by atoms with Crippen LogP contribution in [0.1, 0.15) is 20.3 Å². The maximum absolute atomic E-state index is 11.7. The average Bonchev–Trinajstić information content (AvgIpc) is 2.82. The largest absolute Gasteiger partial charge is 0.468 e. The topological polar surface area (TPSA) is 31.2 Å². The Morgan fingerprint density at radius 1 is 1.37 bits per heavy atom. The van der Waals surface area contributed by atoms with Gasteiger partial charge in [0.1, 0.15) is 5.25 Å². The fourth-order valence-corrected chi connectivity index (χ4v) is 3.30. The second-order valence-electron chi connectivity index (χ2n) is 4.33. The Morgan fingerprint density at radius 3 is 2.74 bits per heavy atom. The minimum Gasteiger partial charge on any atom is -0.468 e. The molecule has 0 saturated carbocycles. The minimum absolute atomic E-state index is 0.138. The molecule has 2 rings (SSSR count). The van der Waals surface area contributed by atoms with E-state index < -0.39 is 0 Å². The third-order valence-corrected chi connectivity index (χ3v) is 4.59. The number of carbonyl (C=O) groups is 1. The molecule has 19 heavy (non-hydrogen) atoms. The quantitative estimate of drug-likeness (QED) is 0.617. The predicted octanol–water partition coefficient (Wildman–Crippen LogP) is 3.70. The second-order valence-corrected chi connectivity index (χ2v) is 5.58. The van der Waals surface area contributed by atoms with Gasteiger partial charge in [0, 0.05) is 28.5 Å². The van der Waals surface area contributed by atoms with Crippen LogP contribution in [0.2, 0.25) is 0 Å². The van der Waals surface area contributed by atoms with Crippen molar-refractivity contribution in [3.05, 3.63) is 30.5 Å². The summed E-state index contributed by atoms with van der Waals surface area (Å²) >= 11 is 1.59. The summed E-state index contributed by atoms with van der Waals surface area (Å²) in [4.78, 5) is 12.9. The summed E-state index contributed by atoms with van der Waals surface area (Å²) in [6, 6.07) is 8.29. The molecule has 102 valence electrons. The second kappa shape index (κ2) is 6.15. The number of methoxy groups -OCH3 is 1. The van der Waals surface area contributed by atoms with E-state index >= 15 is 0 Å². The molecule has 0 N–H and O–H groups in total. The first-order valence-corrected chi connectivity index (χ1v) is 7.41. The molecular formula is C15H19NO2S. The standard InChI is InChI=1S/C15H19NO2S/c1-4-13(15(17)18-3)19-14-10-16(5-2)12-9-7-6-8-11(12)14/h6-10,13H,4-5H2,1-3H3. The number of para-hydroxylation sites is 1. The van der Waals surface area contributed by atoms with Crippen molar-refractivity contribution in [2.24, 2.45) is 0 Å². The molecule has 1 aromatic heterocycles. The molecule has 1 heterocycles. The number of aromatic nitrogens is 1. The van der Waals surface area contributed by atoms with Crippen molar-refractivity contribution >= 4 is 28.6 Å². The Morgan fingerprint density at radius 2 is 2.11 bits per heavy atom. The number of carbonyl (C=O) groups excluding carboxylic acids is 1. The van der Waals surface area contributed by atoms with Gasteiger partial charge in [0.2, 0.25) is 0 Å². The van der Waals surface area contributed by atoms with E-state index in [4.69, 9.17) is 4.74 Å². The van der Waals surface area contributed by atoms with Gasteiger partial charge in [0.05, 0.1) is 7.11 Å². The molecule has 1 aromatic carbocycles. The highest BCUT2D eigenvalue weighted by atomic mass is 32.2. The highest BCUT2D eigenvalue weighted by Crippen LogP contribution is 2.34. The maximum atomic E-state index is 11.7. The Balaban J connectivity index is 2.37. The van der Waals surface area contributed by atoms with Crippen LogP contribution in [0.5, 0.6) is 0 Å². The number of hydrogen-bond donors (Lipinski definition) is 0. The van der Waals surface area contributed by atoms with Crippen molar-refractivity contribution in [3.8, 4) is 0 Å². The molecular weight excluding hydrogens is 258 g/mol. The van der Waals surface area contributed by atoms with E-state index in [9.17, 15) is 4.79 Å². The van der Waals surface area contributed by atoms with Crippen molar-refractivity contribution in [2.45, 2.75) is 37.0 Å². The molecule has 3 nitrogen and oxygen atoms in total. The molecule has 0 aliphatic heterocycles. The summed E-state index contributed by atoms with van der Waals surface area (Å²) < 4.78 is 7.06. The number of ether oxygens (including phenoxy) is 1. The first-order chi connectivity index (χ1) is 9.21. The Hall–Kier alpha value is -1.42. The molecule has 0 aliphatic rings. The van der Waals surface area contributed by atoms with E-state index in [0.717, 1.165) is 17.9 Å². The summed E-state index contributed by atoms with van der Waals surface area (Å²) in [5.74, 6) is -0.152. The molecule has 1 unspecified atom stereocenters.